The first kappa shape index (κ1) is 18.6. The smallest absolute Gasteiger partial charge is 0.273 e. The van der Waals surface area contributed by atoms with Gasteiger partial charge in [0.1, 0.15) is 18.0 Å². The molecular formula is C17H23N3O5. The van der Waals surface area contributed by atoms with Gasteiger partial charge in [0.15, 0.2) is 0 Å². The average Bonchev–Trinajstić information content (AvgIpc) is 2.83. The third kappa shape index (κ3) is 5.10. The van der Waals surface area contributed by atoms with Crippen LogP contribution in [0, 0.1) is 0 Å². The number of ether oxygens (including phenoxy) is 2. The van der Waals surface area contributed by atoms with E-state index in [-0.39, 0.29) is 18.0 Å². The summed E-state index contributed by atoms with van der Waals surface area (Å²) in [4.78, 5) is 37.7. The molecule has 0 unspecified atom stereocenters. The lowest BCUT2D eigenvalue weighted by Gasteiger charge is -2.20. The number of carbonyl (C=O) groups is 3. The van der Waals surface area contributed by atoms with Crippen LogP contribution in [0.4, 0.5) is 0 Å². The molecule has 136 valence electrons. The van der Waals surface area contributed by atoms with Gasteiger partial charge >= 0.3 is 0 Å². The van der Waals surface area contributed by atoms with Gasteiger partial charge in [-0.3, -0.25) is 25.2 Å². The quantitative estimate of drug-likeness (QED) is 0.769. The maximum Gasteiger partial charge on any atom is 0.273 e. The molecule has 0 radical (unpaired) electrons. The molecule has 1 aliphatic heterocycles. The molecule has 2 N–H and O–H groups in total. The molecule has 2 rings (SSSR count). The Morgan fingerprint density at radius 3 is 2.64 bits per heavy atom. The highest BCUT2D eigenvalue weighted by Gasteiger charge is 2.20. The van der Waals surface area contributed by atoms with Gasteiger partial charge in [-0.05, 0) is 31.0 Å². The van der Waals surface area contributed by atoms with Gasteiger partial charge in [0.05, 0.1) is 19.8 Å². The maximum atomic E-state index is 12.3. The Bertz CT molecular complexity index is 647. The Morgan fingerprint density at radius 1 is 1.12 bits per heavy atom. The van der Waals surface area contributed by atoms with Gasteiger partial charge in [0.2, 0.25) is 5.91 Å². The SMILES string of the molecule is COc1ccc(OC)c(C(=O)NNC(=O)CN2CCCCCC2=O)c1. The van der Waals surface area contributed by atoms with Crippen LogP contribution in [-0.2, 0) is 9.59 Å². The van der Waals surface area contributed by atoms with Crippen molar-refractivity contribution in [2.24, 2.45) is 0 Å². The van der Waals surface area contributed by atoms with Crippen molar-refractivity contribution in [2.45, 2.75) is 25.7 Å². The number of carbonyl (C=O) groups excluding carboxylic acids is 3. The number of methoxy groups -OCH3 is 2. The fraction of sp³-hybridized carbons (Fsp3) is 0.471. The second kappa shape index (κ2) is 8.91. The van der Waals surface area contributed by atoms with Gasteiger partial charge in [-0.25, -0.2) is 0 Å². The van der Waals surface area contributed by atoms with Crippen molar-refractivity contribution in [1.82, 2.24) is 15.8 Å². The zero-order valence-electron chi connectivity index (χ0n) is 14.5. The molecule has 1 fully saturated rings. The summed E-state index contributed by atoms with van der Waals surface area (Å²) >= 11 is 0. The predicted octanol–water partition coefficient (Wildman–Crippen LogP) is 0.867. The number of likely N-dealkylation sites (tertiary alicyclic amines) is 1. The van der Waals surface area contributed by atoms with E-state index in [0.717, 1.165) is 19.3 Å². The number of nitrogens with one attached hydrogen (secondary N) is 2. The van der Waals surface area contributed by atoms with Crippen LogP contribution in [0.1, 0.15) is 36.0 Å². The van der Waals surface area contributed by atoms with Crippen molar-refractivity contribution in [3.8, 4) is 11.5 Å². The first-order valence-electron chi connectivity index (χ1n) is 8.14. The molecule has 3 amide bonds. The van der Waals surface area contributed by atoms with E-state index in [1.165, 1.54) is 25.2 Å². The highest BCUT2D eigenvalue weighted by Crippen LogP contribution is 2.23. The first-order chi connectivity index (χ1) is 12.0. The molecule has 8 nitrogen and oxygen atoms in total. The van der Waals surface area contributed by atoms with Gasteiger partial charge in [0, 0.05) is 13.0 Å². The second-order valence-corrected chi connectivity index (χ2v) is 5.69. The van der Waals surface area contributed by atoms with E-state index >= 15 is 0 Å². The number of hydrogen-bond acceptors (Lipinski definition) is 5. The minimum atomic E-state index is -0.536. The molecule has 1 aromatic carbocycles. The minimum Gasteiger partial charge on any atom is -0.497 e. The third-order valence-electron chi connectivity index (χ3n) is 3.97. The highest BCUT2D eigenvalue weighted by molar-refractivity contribution is 5.98. The van der Waals surface area contributed by atoms with Crippen LogP contribution in [0.2, 0.25) is 0 Å². The topological polar surface area (TPSA) is 97.0 Å². The fourth-order valence-corrected chi connectivity index (χ4v) is 2.60. The molecule has 0 aromatic heterocycles. The molecule has 0 aliphatic carbocycles. The molecule has 8 heteroatoms. The molecule has 1 heterocycles. The van der Waals surface area contributed by atoms with Crippen molar-refractivity contribution in [1.29, 1.82) is 0 Å². The lowest BCUT2D eigenvalue weighted by molar-refractivity contribution is -0.135. The molecule has 1 saturated heterocycles. The van der Waals surface area contributed by atoms with Crippen LogP contribution >= 0.6 is 0 Å². The molecular weight excluding hydrogens is 326 g/mol. The Kier molecular flexibility index (Phi) is 6.62. The Labute approximate surface area is 146 Å². The average molecular weight is 349 g/mol. The maximum absolute atomic E-state index is 12.3. The zero-order chi connectivity index (χ0) is 18.2. The van der Waals surface area contributed by atoms with Crippen LogP contribution < -0.4 is 20.3 Å². The third-order valence-corrected chi connectivity index (χ3v) is 3.97. The predicted molar refractivity (Wildman–Crippen MR) is 90.2 cm³/mol. The monoisotopic (exact) mass is 349 g/mol. The summed E-state index contributed by atoms with van der Waals surface area (Å²) in [6.45, 7) is 0.484. The molecule has 0 saturated carbocycles. The van der Waals surface area contributed by atoms with Gasteiger partial charge in [-0.2, -0.15) is 0 Å². The lowest BCUT2D eigenvalue weighted by Crippen LogP contribution is -2.47. The summed E-state index contributed by atoms with van der Waals surface area (Å²) in [6.07, 6.45) is 3.17. The van der Waals surface area contributed by atoms with Crippen LogP contribution in [0.25, 0.3) is 0 Å². The summed E-state index contributed by atoms with van der Waals surface area (Å²) < 4.78 is 10.2. The standard InChI is InChI=1S/C17H23N3O5/c1-24-12-7-8-14(25-2)13(10-12)17(23)19-18-15(21)11-20-9-5-3-4-6-16(20)22/h7-8,10H,3-6,9,11H2,1-2H3,(H,18,21)(H,19,23). The van der Waals surface area contributed by atoms with E-state index in [0.29, 0.717) is 24.5 Å². The van der Waals surface area contributed by atoms with Crippen LogP contribution in [0.15, 0.2) is 18.2 Å². The Balaban J connectivity index is 1.93. The van der Waals surface area contributed by atoms with Crippen LogP contribution in [-0.4, -0.2) is 49.9 Å². The van der Waals surface area contributed by atoms with E-state index in [9.17, 15) is 14.4 Å². The lowest BCUT2D eigenvalue weighted by atomic mass is 10.2. The number of hydrazine groups is 1. The zero-order valence-corrected chi connectivity index (χ0v) is 14.5. The molecule has 0 spiro atoms. The summed E-state index contributed by atoms with van der Waals surface area (Å²) in [5.74, 6) is -0.173. The molecule has 1 aliphatic rings. The van der Waals surface area contributed by atoms with Crippen molar-refractivity contribution in [3.63, 3.8) is 0 Å². The number of benzene rings is 1. The molecule has 1 aromatic rings. The number of hydrogen-bond donors (Lipinski definition) is 2. The molecule has 0 bridgehead atoms. The largest absolute Gasteiger partial charge is 0.497 e. The Morgan fingerprint density at radius 2 is 1.92 bits per heavy atom. The van der Waals surface area contributed by atoms with E-state index in [1.807, 2.05) is 0 Å². The van der Waals surface area contributed by atoms with E-state index in [4.69, 9.17) is 9.47 Å². The summed E-state index contributed by atoms with van der Waals surface area (Å²) in [7, 11) is 2.94. The summed E-state index contributed by atoms with van der Waals surface area (Å²) in [6, 6.07) is 4.78. The van der Waals surface area contributed by atoms with E-state index in [1.54, 1.807) is 12.1 Å². The fourth-order valence-electron chi connectivity index (χ4n) is 2.60. The number of nitrogens with zero attached hydrogens (tertiary/aromatic N) is 1. The highest BCUT2D eigenvalue weighted by atomic mass is 16.5. The summed E-state index contributed by atoms with van der Waals surface area (Å²) in [5, 5.41) is 0. The molecule has 0 atom stereocenters. The van der Waals surface area contributed by atoms with Crippen molar-refractivity contribution >= 4 is 17.7 Å². The van der Waals surface area contributed by atoms with Crippen LogP contribution in [0.3, 0.4) is 0 Å². The van der Waals surface area contributed by atoms with Gasteiger partial charge in [-0.15, -0.1) is 0 Å². The van der Waals surface area contributed by atoms with Gasteiger partial charge in [-0.1, -0.05) is 6.42 Å². The number of rotatable bonds is 5. The van der Waals surface area contributed by atoms with Crippen molar-refractivity contribution in [2.75, 3.05) is 27.3 Å². The summed E-state index contributed by atoms with van der Waals surface area (Å²) in [5.41, 5.74) is 4.89. The second-order valence-electron chi connectivity index (χ2n) is 5.69. The van der Waals surface area contributed by atoms with Gasteiger partial charge < -0.3 is 14.4 Å². The molecule has 25 heavy (non-hydrogen) atoms. The van der Waals surface area contributed by atoms with Crippen molar-refractivity contribution < 1.29 is 23.9 Å². The van der Waals surface area contributed by atoms with E-state index < -0.39 is 11.8 Å². The minimum absolute atomic E-state index is 0.0339. The van der Waals surface area contributed by atoms with Crippen LogP contribution in [0.5, 0.6) is 11.5 Å². The van der Waals surface area contributed by atoms with E-state index in [2.05, 4.69) is 10.9 Å². The first-order valence-corrected chi connectivity index (χ1v) is 8.14. The van der Waals surface area contributed by atoms with Crippen molar-refractivity contribution in [3.05, 3.63) is 23.8 Å². The van der Waals surface area contributed by atoms with Gasteiger partial charge in [0.25, 0.3) is 11.8 Å². The number of amides is 3. The Hall–Kier alpha value is -2.77. The normalized spacial score (nSPS) is 14.5.